The summed E-state index contributed by atoms with van der Waals surface area (Å²) in [5.41, 5.74) is 2.03. The predicted octanol–water partition coefficient (Wildman–Crippen LogP) is 1.49. The van der Waals surface area contributed by atoms with E-state index >= 15 is 0 Å². The molecule has 0 amide bonds. The van der Waals surface area contributed by atoms with Crippen LogP contribution in [0.1, 0.15) is 30.6 Å². The molecule has 1 atom stereocenters. The van der Waals surface area contributed by atoms with Crippen LogP contribution in [0, 0.1) is 0 Å². The number of aliphatic hydroxyl groups excluding tert-OH is 1. The minimum atomic E-state index is -1.28. The maximum atomic E-state index is 11.4. The van der Waals surface area contributed by atoms with Crippen molar-refractivity contribution in [3.63, 3.8) is 0 Å². The SMILES string of the molecule is COC(=O)C(O)c1cccc(-c2cnn(C3CC3)n2)c1. The van der Waals surface area contributed by atoms with Crippen molar-refractivity contribution in [1.29, 1.82) is 0 Å². The summed E-state index contributed by atoms with van der Waals surface area (Å²) in [6.07, 6.45) is 2.66. The van der Waals surface area contributed by atoms with E-state index in [-0.39, 0.29) is 0 Å². The monoisotopic (exact) mass is 273 g/mol. The highest BCUT2D eigenvalue weighted by atomic mass is 16.5. The summed E-state index contributed by atoms with van der Waals surface area (Å²) < 4.78 is 4.53. The summed E-state index contributed by atoms with van der Waals surface area (Å²) in [6.45, 7) is 0. The molecular formula is C14H15N3O3. The topological polar surface area (TPSA) is 77.2 Å². The van der Waals surface area contributed by atoms with E-state index in [1.807, 2.05) is 6.07 Å². The van der Waals surface area contributed by atoms with Gasteiger partial charge < -0.3 is 9.84 Å². The van der Waals surface area contributed by atoms with Gasteiger partial charge in [-0.3, -0.25) is 0 Å². The van der Waals surface area contributed by atoms with Crippen LogP contribution >= 0.6 is 0 Å². The third-order valence-corrected chi connectivity index (χ3v) is 3.30. The molecule has 0 spiro atoms. The van der Waals surface area contributed by atoms with Gasteiger partial charge in [0, 0.05) is 5.56 Å². The molecule has 6 nitrogen and oxygen atoms in total. The van der Waals surface area contributed by atoms with E-state index in [9.17, 15) is 9.90 Å². The lowest BCUT2D eigenvalue weighted by Crippen LogP contribution is -2.13. The summed E-state index contributed by atoms with van der Waals surface area (Å²) in [4.78, 5) is 13.1. The van der Waals surface area contributed by atoms with Gasteiger partial charge in [-0.25, -0.2) is 4.79 Å². The Kier molecular flexibility index (Phi) is 3.23. The second kappa shape index (κ2) is 5.05. The third-order valence-electron chi connectivity index (χ3n) is 3.30. The van der Waals surface area contributed by atoms with Crippen LogP contribution in [0.2, 0.25) is 0 Å². The minimum absolute atomic E-state index is 0.424. The molecule has 1 aromatic carbocycles. The fraction of sp³-hybridized carbons (Fsp3) is 0.357. The largest absolute Gasteiger partial charge is 0.467 e. The zero-order valence-corrected chi connectivity index (χ0v) is 11.1. The Morgan fingerprint density at radius 3 is 3.00 bits per heavy atom. The summed E-state index contributed by atoms with van der Waals surface area (Å²) in [7, 11) is 1.25. The first kappa shape index (κ1) is 12.8. The summed E-state index contributed by atoms with van der Waals surface area (Å²) >= 11 is 0. The van der Waals surface area contributed by atoms with Gasteiger partial charge in [-0.15, -0.1) is 0 Å². The molecule has 0 saturated heterocycles. The first-order valence-corrected chi connectivity index (χ1v) is 6.47. The third kappa shape index (κ3) is 2.42. The number of carbonyl (C=O) groups is 1. The normalized spacial score (nSPS) is 15.9. The molecule has 1 fully saturated rings. The Morgan fingerprint density at radius 1 is 1.50 bits per heavy atom. The van der Waals surface area contributed by atoms with Crippen molar-refractivity contribution < 1.29 is 14.6 Å². The van der Waals surface area contributed by atoms with Crippen molar-refractivity contribution in [3.8, 4) is 11.3 Å². The number of nitrogens with zero attached hydrogens (tertiary/aromatic N) is 3. The van der Waals surface area contributed by atoms with E-state index in [0.29, 0.717) is 11.6 Å². The molecule has 6 heteroatoms. The summed E-state index contributed by atoms with van der Waals surface area (Å²) in [5, 5.41) is 18.5. The Labute approximate surface area is 116 Å². The molecule has 20 heavy (non-hydrogen) atoms. The zero-order valence-electron chi connectivity index (χ0n) is 11.1. The van der Waals surface area contributed by atoms with Crippen LogP contribution < -0.4 is 0 Å². The standard InChI is InChI=1S/C14H15N3O3/c1-20-14(19)13(18)10-4-2-3-9(7-10)12-8-15-17(16-12)11-5-6-11/h2-4,7-8,11,13,18H,5-6H2,1H3. The number of hydrogen-bond donors (Lipinski definition) is 1. The maximum Gasteiger partial charge on any atom is 0.339 e. The van der Waals surface area contributed by atoms with Crippen LogP contribution in [0.25, 0.3) is 11.3 Å². The van der Waals surface area contributed by atoms with Gasteiger partial charge in [0.2, 0.25) is 0 Å². The van der Waals surface area contributed by atoms with Gasteiger partial charge in [-0.1, -0.05) is 18.2 Å². The van der Waals surface area contributed by atoms with Crippen molar-refractivity contribution >= 4 is 5.97 Å². The number of ether oxygens (including phenoxy) is 1. The number of hydrogen-bond acceptors (Lipinski definition) is 5. The van der Waals surface area contributed by atoms with E-state index < -0.39 is 12.1 Å². The summed E-state index contributed by atoms with van der Waals surface area (Å²) in [6, 6.07) is 7.47. The first-order chi connectivity index (χ1) is 9.69. The molecule has 1 aliphatic carbocycles. The van der Waals surface area contributed by atoms with Gasteiger partial charge in [0.25, 0.3) is 0 Å². The van der Waals surface area contributed by atoms with Gasteiger partial charge >= 0.3 is 5.97 Å². The van der Waals surface area contributed by atoms with Crippen LogP contribution in [0.15, 0.2) is 30.5 Å². The molecule has 0 bridgehead atoms. The number of esters is 1. The van der Waals surface area contributed by atoms with Gasteiger partial charge in [-0.05, 0) is 24.5 Å². The number of methoxy groups -OCH3 is 1. The molecule has 104 valence electrons. The molecule has 1 saturated carbocycles. The van der Waals surface area contributed by atoms with E-state index in [1.54, 1.807) is 29.2 Å². The van der Waals surface area contributed by atoms with Gasteiger partial charge in [-0.2, -0.15) is 15.0 Å². The Bertz CT molecular complexity index is 634. The lowest BCUT2D eigenvalue weighted by Gasteiger charge is -2.09. The first-order valence-electron chi connectivity index (χ1n) is 6.47. The second-order valence-electron chi connectivity index (χ2n) is 4.83. The summed E-state index contributed by atoms with van der Waals surface area (Å²) in [5.74, 6) is -0.677. The van der Waals surface area contributed by atoms with Crippen molar-refractivity contribution in [2.24, 2.45) is 0 Å². The van der Waals surface area contributed by atoms with Crippen LogP contribution in [0.4, 0.5) is 0 Å². The number of aliphatic hydroxyl groups is 1. The molecule has 1 aromatic heterocycles. The molecule has 1 unspecified atom stereocenters. The maximum absolute atomic E-state index is 11.4. The van der Waals surface area contributed by atoms with Crippen molar-refractivity contribution in [3.05, 3.63) is 36.0 Å². The van der Waals surface area contributed by atoms with Crippen LogP contribution in [0.5, 0.6) is 0 Å². The molecule has 1 N–H and O–H groups in total. The van der Waals surface area contributed by atoms with Crippen LogP contribution in [-0.2, 0) is 9.53 Å². The molecule has 1 heterocycles. The average Bonchev–Trinajstić information content (AvgIpc) is 3.23. The van der Waals surface area contributed by atoms with Crippen molar-refractivity contribution in [2.45, 2.75) is 25.0 Å². The quantitative estimate of drug-likeness (QED) is 0.854. The van der Waals surface area contributed by atoms with E-state index in [0.717, 1.165) is 24.1 Å². The average molecular weight is 273 g/mol. The molecule has 0 aliphatic heterocycles. The van der Waals surface area contributed by atoms with Gasteiger partial charge in [0.05, 0.1) is 19.3 Å². The molecule has 2 aromatic rings. The van der Waals surface area contributed by atoms with E-state index in [4.69, 9.17) is 0 Å². The molecule has 3 rings (SSSR count). The fourth-order valence-corrected chi connectivity index (χ4v) is 2.01. The molecular weight excluding hydrogens is 258 g/mol. The van der Waals surface area contributed by atoms with E-state index in [2.05, 4.69) is 14.9 Å². The Morgan fingerprint density at radius 2 is 2.30 bits per heavy atom. The molecule has 0 radical (unpaired) electrons. The van der Waals surface area contributed by atoms with Gasteiger partial charge in [0.1, 0.15) is 5.69 Å². The van der Waals surface area contributed by atoms with Crippen LogP contribution in [0.3, 0.4) is 0 Å². The number of carbonyl (C=O) groups excluding carboxylic acids is 1. The highest BCUT2D eigenvalue weighted by Crippen LogP contribution is 2.34. The lowest BCUT2D eigenvalue weighted by atomic mass is 10.0. The highest BCUT2D eigenvalue weighted by molar-refractivity contribution is 5.76. The lowest BCUT2D eigenvalue weighted by molar-refractivity contribution is -0.150. The van der Waals surface area contributed by atoms with Gasteiger partial charge in [0.15, 0.2) is 6.10 Å². The number of aromatic nitrogens is 3. The fourth-order valence-electron chi connectivity index (χ4n) is 2.01. The van der Waals surface area contributed by atoms with E-state index in [1.165, 1.54) is 7.11 Å². The predicted molar refractivity (Wildman–Crippen MR) is 70.7 cm³/mol. The minimum Gasteiger partial charge on any atom is -0.467 e. The second-order valence-corrected chi connectivity index (χ2v) is 4.83. The number of rotatable bonds is 4. The van der Waals surface area contributed by atoms with Crippen molar-refractivity contribution in [1.82, 2.24) is 15.0 Å². The number of benzene rings is 1. The Hall–Kier alpha value is -2.21. The Balaban J connectivity index is 1.87. The zero-order chi connectivity index (χ0) is 14.1. The highest BCUT2D eigenvalue weighted by Gasteiger charge is 2.26. The smallest absolute Gasteiger partial charge is 0.339 e. The van der Waals surface area contributed by atoms with Crippen molar-refractivity contribution in [2.75, 3.05) is 7.11 Å². The van der Waals surface area contributed by atoms with Crippen LogP contribution in [-0.4, -0.2) is 33.2 Å². The molecule has 1 aliphatic rings.